The summed E-state index contributed by atoms with van der Waals surface area (Å²) < 4.78 is 12.9. The fourth-order valence-corrected chi connectivity index (χ4v) is 4.37. The molecule has 0 bridgehead atoms. The fraction of sp³-hybridized carbons (Fsp3) is 0.130. The molecule has 2 aromatic carbocycles. The van der Waals surface area contributed by atoms with Gasteiger partial charge in [-0.25, -0.2) is 4.98 Å². The van der Waals surface area contributed by atoms with Crippen LogP contribution in [0, 0.1) is 0 Å². The Morgan fingerprint density at radius 2 is 1.94 bits per heavy atom. The van der Waals surface area contributed by atoms with Gasteiger partial charge in [-0.1, -0.05) is 41.6 Å². The molecule has 0 aliphatic carbocycles. The number of rotatable bonds is 6. The Labute approximate surface area is 192 Å². The average molecular weight is 465 g/mol. The van der Waals surface area contributed by atoms with Crippen LogP contribution in [0.3, 0.4) is 0 Å². The number of furan rings is 1. The Morgan fingerprint density at radius 1 is 1.09 bits per heavy atom. The predicted octanol–water partition coefficient (Wildman–Crippen LogP) is 5.59. The van der Waals surface area contributed by atoms with E-state index in [2.05, 4.69) is 10.2 Å². The van der Waals surface area contributed by atoms with Gasteiger partial charge in [-0.15, -0.1) is 10.2 Å². The van der Waals surface area contributed by atoms with E-state index in [1.807, 2.05) is 43.3 Å². The van der Waals surface area contributed by atoms with Crippen molar-refractivity contribution in [1.29, 1.82) is 0 Å². The summed E-state index contributed by atoms with van der Waals surface area (Å²) in [7, 11) is 0. The molecule has 0 radical (unpaired) electrons. The van der Waals surface area contributed by atoms with Crippen molar-refractivity contribution >= 4 is 34.3 Å². The zero-order chi connectivity index (χ0) is 22.1. The first kappa shape index (κ1) is 20.5. The number of halogens is 1. The molecule has 3 aromatic heterocycles. The maximum absolute atomic E-state index is 13.3. The van der Waals surface area contributed by atoms with E-state index in [1.54, 1.807) is 35.1 Å². The standard InChI is InChI=1S/C23H17ClN4O3S/c1-14(20-26-27-21(31-20)15-6-3-2-4-7-15)32-23-25-19-12-16(24)9-10-18(19)22(29)28(23)13-17-8-5-11-30-17/h2-12,14H,13H2,1H3. The number of nitrogens with zero attached hydrogens (tertiary/aromatic N) is 4. The second-order valence-corrected chi connectivity index (χ2v) is 8.84. The molecule has 5 aromatic rings. The highest BCUT2D eigenvalue weighted by Crippen LogP contribution is 2.34. The molecule has 0 amide bonds. The molecule has 0 fully saturated rings. The molecule has 0 N–H and O–H groups in total. The first-order chi connectivity index (χ1) is 15.6. The Kier molecular flexibility index (Phi) is 5.55. The summed E-state index contributed by atoms with van der Waals surface area (Å²) >= 11 is 7.50. The summed E-state index contributed by atoms with van der Waals surface area (Å²) in [5.74, 6) is 1.54. The van der Waals surface area contributed by atoms with Gasteiger partial charge in [0.05, 0.1) is 29.0 Å². The lowest BCUT2D eigenvalue weighted by Gasteiger charge is -2.14. The van der Waals surface area contributed by atoms with Crippen molar-refractivity contribution in [2.24, 2.45) is 0 Å². The normalized spacial score (nSPS) is 12.3. The zero-order valence-corrected chi connectivity index (χ0v) is 18.5. The maximum atomic E-state index is 13.3. The van der Waals surface area contributed by atoms with Crippen LogP contribution in [0.1, 0.15) is 23.8 Å². The van der Waals surface area contributed by atoms with Crippen LogP contribution in [0.2, 0.25) is 5.02 Å². The monoisotopic (exact) mass is 464 g/mol. The van der Waals surface area contributed by atoms with E-state index in [9.17, 15) is 4.79 Å². The minimum Gasteiger partial charge on any atom is -0.467 e. The largest absolute Gasteiger partial charge is 0.467 e. The van der Waals surface area contributed by atoms with Crippen LogP contribution in [-0.4, -0.2) is 19.7 Å². The van der Waals surface area contributed by atoms with Crippen LogP contribution < -0.4 is 5.56 Å². The quantitative estimate of drug-likeness (QED) is 0.239. The number of thioether (sulfide) groups is 1. The van der Waals surface area contributed by atoms with E-state index in [4.69, 9.17) is 25.4 Å². The highest BCUT2D eigenvalue weighted by atomic mass is 35.5. The molecule has 7 nitrogen and oxygen atoms in total. The summed E-state index contributed by atoms with van der Waals surface area (Å²) in [6.45, 7) is 2.18. The van der Waals surface area contributed by atoms with E-state index in [-0.39, 0.29) is 17.4 Å². The minimum absolute atomic E-state index is 0.173. The van der Waals surface area contributed by atoms with Gasteiger partial charge in [-0.05, 0) is 49.4 Å². The Bertz CT molecular complexity index is 1430. The average Bonchev–Trinajstić information content (AvgIpc) is 3.49. The summed E-state index contributed by atoms with van der Waals surface area (Å²) in [5.41, 5.74) is 1.20. The van der Waals surface area contributed by atoms with Gasteiger partial charge in [0, 0.05) is 10.6 Å². The van der Waals surface area contributed by atoms with E-state index < -0.39 is 0 Å². The number of benzene rings is 2. The first-order valence-corrected chi connectivity index (χ1v) is 11.1. The van der Waals surface area contributed by atoms with Crippen molar-refractivity contribution in [3.05, 3.63) is 94.0 Å². The van der Waals surface area contributed by atoms with Gasteiger partial charge in [0.1, 0.15) is 5.76 Å². The van der Waals surface area contributed by atoms with Crippen molar-refractivity contribution in [2.75, 3.05) is 0 Å². The molecular formula is C23H17ClN4O3S. The third kappa shape index (κ3) is 4.06. The molecule has 32 heavy (non-hydrogen) atoms. The summed E-state index contributed by atoms with van der Waals surface area (Å²) in [5, 5.41) is 9.63. The molecule has 0 saturated heterocycles. The van der Waals surface area contributed by atoms with Gasteiger partial charge in [0.15, 0.2) is 5.16 Å². The second kappa shape index (κ2) is 8.64. The van der Waals surface area contributed by atoms with E-state index in [1.165, 1.54) is 11.8 Å². The van der Waals surface area contributed by atoms with Gasteiger partial charge < -0.3 is 8.83 Å². The lowest BCUT2D eigenvalue weighted by atomic mass is 10.2. The van der Waals surface area contributed by atoms with Crippen molar-refractivity contribution in [2.45, 2.75) is 23.9 Å². The molecule has 0 spiro atoms. The van der Waals surface area contributed by atoms with Crippen molar-refractivity contribution in [3.8, 4) is 11.5 Å². The third-order valence-electron chi connectivity index (χ3n) is 4.87. The third-order valence-corrected chi connectivity index (χ3v) is 6.18. The molecule has 1 atom stereocenters. The lowest BCUT2D eigenvalue weighted by Crippen LogP contribution is -2.24. The summed E-state index contributed by atoms with van der Waals surface area (Å²) in [6, 6.07) is 18.2. The molecule has 3 heterocycles. The van der Waals surface area contributed by atoms with Crippen molar-refractivity contribution in [3.63, 3.8) is 0 Å². The van der Waals surface area contributed by atoms with Gasteiger partial charge in [0.25, 0.3) is 5.56 Å². The van der Waals surface area contributed by atoms with E-state index >= 15 is 0 Å². The van der Waals surface area contributed by atoms with Crippen LogP contribution in [-0.2, 0) is 6.54 Å². The Morgan fingerprint density at radius 3 is 2.72 bits per heavy atom. The predicted molar refractivity (Wildman–Crippen MR) is 123 cm³/mol. The van der Waals surface area contributed by atoms with Crippen LogP contribution in [0.4, 0.5) is 0 Å². The van der Waals surface area contributed by atoms with Crippen molar-refractivity contribution < 1.29 is 8.83 Å². The molecule has 0 saturated carbocycles. The van der Waals surface area contributed by atoms with Crippen LogP contribution in [0.15, 0.2) is 85.7 Å². The Balaban J connectivity index is 1.52. The number of fused-ring (bicyclic) bond motifs is 1. The molecule has 0 aliphatic heterocycles. The van der Waals surface area contributed by atoms with Gasteiger partial charge in [0.2, 0.25) is 11.8 Å². The molecule has 9 heteroatoms. The van der Waals surface area contributed by atoms with E-state index in [0.29, 0.717) is 38.6 Å². The molecule has 0 aliphatic rings. The number of hydrogen-bond donors (Lipinski definition) is 0. The van der Waals surface area contributed by atoms with Crippen molar-refractivity contribution in [1.82, 2.24) is 19.7 Å². The smallest absolute Gasteiger partial charge is 0.262 e. The SMILES string of the molecule is CC(Sc1nc2cc(Cl)ccc2c(=O)n1Cc1ccco1)c1nnc(-c2ccccc2)o1. The van der Waals surface area contributed by atoms with E-state index in [0.717, 1.165) is 5.56 Å². The highest BCUT2D eigenvalue weighted by molar-refractivity contribution is 7.99. The number of aromatic nitrogens is 4. The van der Waals surface area contributed by atoms with Crippen LogP contribution in [0.25, 0.3) is 22.4 Å². The Hall–Kier alpha value is -3.36. The molecule has 1 unspecified atom stereocenters. The van der Waals surface area contributed by atoms with Gasteiger partial charge >= 0.3 is 0 Å². The highest BCUT2D eigenvalue weighted by Gasteiger charge is 2.21. The second-order valence-electron chi connectivity index (χ2n) is 7.10. The number of hydrogen-bond acceptors (Lipinski definition) is 7. The fourth-order valence-electron chi connectivity index (χ4n) is 3.27. The molecule has 5 rings (SSSR count). The summed E-state index contributed by atoms with van der Waals surface area (Å²) in [6.07, 6.45) is 1.58. The van der Waals surface area contributed by atoms with Crippen LogP contribution >= 0.6 is 23.4 Å². The molecular weight excluding hydrogens is 448 g/mol. The first-order valence-electron chi connectivity index (χ1n) is 9.86. The molecule has 160 valence electrons. The minimum atomic E-state index is -0.244. The van der Waals surface area contributed by atoms with Gasteiger partial charge in [-0.3, -0.25) is 9.36 Å². The van der Waals surface area contributed by atoms with Crippen LogP contribution in [0.5, 0.6) is 0 Å². The lowest BCUT2D eigenvalue weighted by molar-refractivity contribution is 0.475. The maximum Gasteiger partial charge on any atom is 0.262 e. The zero-order valence-electron chi connectivity index (χ0n) is 16.9. The summed E-state index contributed by atoms with van der Waals surface area (Å²) in [4.78, 5) is 18.0. The van der Waals surface area contributed by atoms with Gasteiger partial charge in [-0.2, -0.15) is 0 Å². The topological polar surface area (TPSA) is 87.0 Å².